The number of benzene rings is 1. The van der Waals surface area contributed by atoms with Crippen LogP contribution in [0.1, 0.15) is 12.8 Å². The molecule has 0 aliphatic carbocycles. The van der Waals surface area contributed by atoms with Gasteiger partial charge in [-0.15, -0.1) is 0 Å². The summed E-state index contributed by atoms with van der Waals surface area (Å²) in [7, 11) is -3.68. The van der Waals surface area contributed by atoms with Crippen molar-refractivity contribution in [2.75, 3.05) is 13.1 Å². The molecular weight excluding hydrogens is 355 g/mol. The zero-order chi connectivity index (χ0) is 17.2. The SMILES string of the molecule is O=S(=O)(c1ccc(F)c(Cl)c1)N1CCC(Oc2ccncc2)CC1. The van der Waals surface area contributed by atoms with Crippen molar-refractivity contribution in [3.8, 4) is 5.75 Å². The number of hydrogen-bond donors (Lipinski definition) is 0. The third kappa shape index (κ3) is 3.68. The maximum Gasteiger partial charge on any atom is 0.243 e. The lowest BCUT2D eigenvalue weighted by atomic mass is 10.1. The Kier molecular flexibility index (Phi) is 5.03. The van der Waals surface area contributed by atoms with Gasteiger partial charge < -0.3 is 4.74 Å². The molecule has 0 amide bonds. The highest BCUT2D eigenvalue weighted by Crippen LogP contribution is 2.26. The minimum absolute atomic E-state index is 0.00222. The lowest BCUT2D eigenvalue weighted by Gasteiger charge is -2.31. The number of pyridine rings is 1. The van der Waals surface area contributed by atoms with Gasteiger partial charge in [0, 0.05) is 25.5 Å². The fourth-order valence-electron chi connectivity index (χ4n) is 2.59. The molecule has 1 aromatic carbocycles. The fraction of sp³-hybridized carbons (Fsp3) is 0.312. The molecule has 2 aromatic rings. The number of piperidine rings is 1. The van der Waals surface area contributed by atoms with E-state index in [1.807, 2.05) is 0 Å². The summed E-state index contributed by atoms with van der Waals surface area (Å²) in [6.45, 7) is 0.681. The molecule has 5 nitrogen and oxygen atoms in total. The van der Waals surface area contributed by atoms with Gasteiger partial charge in [0.2, 0.25) is 10.0 Å². The maximum absolute atomic E-state index is 13.2. The van der Waals surface area contributed by atoms with Gasteiger partial charge in [0.15, 0.2) is 0 Å². The number of rotatable bonds is 4. The highest BCUT2D eigenvalue weighted by Gasteiger charge is 2.30. The van der Waals surface area contributed by atoms with Gasteiger partial charge in [-0.25, -0.2) is 12.8 Å². The monoisotopic (exact) mass is 370 g/mol. The van der Waals surface area contributed by atoms with Gasteiger partial charge in [-0.3, -0.25) is 4.98 Å². The minimum Gasteiger partial charge on any atom is -0.490 e. The summed E-state index contributed by atoms with van der Waals surface area (Å²) in [5.41, 5.74) is 0. The molecule has 3 rings (SSSR count). The molecule has 1 fully saturated rings. The Morgan fingerprint density at radius 2 is 1.83 bits per heavy atom. The first-order chi connectivity index (χ1) is 11.5. The largest absolute Gasteiger partial charge is 0.490 e. The first kappa shape index (κ1) is 17.1. The van der Waals surface area contributed by atoms with Gasteiger partial charge in [0.25, 0.3) is 0 Å². The molecule has 0 spiro atoms. The lowest BCUT2D eigenvalue weighted by molar-refractivity contribution is 0.135. The van der Waals surface area contributed by atoms with E-state index in [1.54, 1.807) is 24.5 Å². The number of sulfonamides is 1. The van der Waals surface area contributed by atoms with Gasteiger partial charge in [-0.05, 0) is 43.2 Å². The van der Waals surface area contributed by atoms with Crippen LogP contribution in [0.3, 0.4) is 0 Å². The molecule has 2 heterocycles. The average molecular weight is 371 g/mol. The van der Waals surface area contributed by atoms with Crippen LogP contribution in [0, 0.1) is 5.82 Å². The van der Waals surface area contributed by atoms with Crippen molar-refractivity contribution in [3.05, 3.63) is 53.6 Å². The number of hydrogen-bond acceptors (Lipinski definition) is 4. The summed E-state index contributed by atoms with van der Waals surface area (Å²) < 4.78 is 45.7. The topological polar surface area (TPSA) is 59.5 Å². The molecule has 0 unspecified atom stereocenters. The summed E-state index contributed by atoms with van der Waals surface area (Å²) in [5, 5.41) is -0.202. The van der Waals surface area contributed by atoms with Gasteiger partial charge in [0.05, 0.1) is 9.92 Å². The maximum atomic E-state index is 13.2. The van der Waals surface area contributed by atoms with E-state index in [1.165, 1.54) is 10.4 Å². The molecular formula is C16H16ClFN2O3S. The first-order valence-corrected chi connectivity index (χ1v) is 9.30. The zero-order valence-corrected chi connectivity index (χ0v) is 14.3. The Balaban J connectivity index is 1.66. The predicted molar refractivity (Wildman–Crippen MR) is 88.1 cm³/mol. The average Bonchev–Trinajstić information content (AvgIpc) is 2.58. The minimum atomic E-state index is -3.68. The molecule has 0 atom stereocenters. The molecule has 0 N–H and O–H groups in total. The van der Waals surface area contributed by atoms with Crippen molar-refractivity contribution in [1.29, 1.82) is 0 Å². The van der Waals surface area contributed by atoms with Gasteiger partial charge in [0.1, 0.15) is 17.7 Å². The number of halogens is 2. The Morgan fingerprint density at radius 1 is 1.17 bits per heavy atom. The Hall–Kier alpha value is -1.70. The smallest absolute Gasteiger partial charge is 0.243 e. The predicted octanol–water partition coefficient (Wildman–Crippen LogP) is 3.11. The highest BCUT2D eigenvalue weighted by molar-refractivity contribution is 7.89. The van der Waals surface area contributed by atoms with Crippen molar-refractivity contribution in [3.63, 3.8) is 0 Å². The fourth-order valence-corrected chi connectivity index (χ4v) is 4.33. The van der Waals surface area contributed by atoms with Gasteiger partial charge in [-0.1, -0.05) is 11.6 Å². The van der Waals surface area contributed by atoms with Crippen LogP contribution in [0.15, 0.2) is 47.6 Å². The summed E-state index contributed by atoms with van der Waals surface area (Å²) in [6, 6.07) is 6.98. The normalized spacial score (nSPS) is 16.9. The Labute approximate surface area is 145 Å². The molecule has 24 heavy (non-hydrogen) atoms. The van der Waals surface area contributed by atoms with E-state index < -0.39 is 15.8 Å². The standard InChI is InChI=1S/C16H16ClFN2O3S/c17-15-11-14(1-2-16(15)18)24(21,22)20-9-5-13(6-10-20)23-12-3-7-19-8-4-12/h1-4,7-8,11,13H,5-6,9-10H2. The van der Waals surface area contributed by atoms with Crippen LogP contribution >= 0.6 is 11.6 Å². The zero-order valence-electron chi connectivity index (χ0n) is 12.7. The number of ether oxygens (including phenoxy) is 1. The lowest BCUT2D eigenvalue weighted by Crippen LogP contribution is -2.41. The van der Waals surface area contributed by atoms with Crippen LogP contribution in [-0.2, 0) is 10.0 Å². The van der Waals surface area contributed by atoms with Crippen LogP contribution in [0.4, 0.5) is 4.39 Å². The summed E-state index contributed by atoms with van der Waals surface area (Å²) in [4.78, 5) is 3.93. The van der Waals surface area contributed by atoms with Crippen molar-refractivity contribution in [2.45, 2.75) is 23.8 Å². The summed E-state index contributed by atoms with van der Waals surface area (Å²) >= 11 is 5.69. The van der Waals surface area contributed by atoms with Crippen molar-refractivity contribution in [1.82, 2.24) is 9.29 Å². The summed E-state index contributed by atoms with van der Waals surface area (Å²) in [6.07, 6.45) is 4.41. The third-order valence-corrected chi connectivity index (χ3v) is 6.07. The van der Waals surface area contributed by atoms with Crippen LogP contribution in [0.2, 0.25) is 5.02 Å². The van der Waals surface area contributed by atoms with Crippen LogP contribution in [0.5, 0.6) is 5.75 Å². The van der Waals surface area contributed by atoms with E-state index in [9.17, 15) is 12.8 Å². The van der Waals surface area contributed by atoms with E-state index in [-0.39, 0.29) is 16.0 Å². The van der Waals surface area contributed by atoms with Crippen LogP contribution in [0.25, 0.3) is 0 Å². The molecule has 1 saturated heterocycles. The molecule has 8 heteroatoms. The quantitative estimate of drug-likeness (QED) is 0.829. The molecule has 1 aliphatic rings. The molecule has 128 valence electrons. The summed E-state index contributed by atoms with van der Waals surface area (Å²) in [5.74, 6) is 0.0803. The number of nitrogens with zero attached hydrogens (tertiary/aromatic N) is 2. The highest BCUT2D eigenvalue weighted by atomic mass is 35.5. The molecule has 0 radical (unpaired) electrons. The van der Waals surface area contributed by atoms with Gasteiger partial charge in [-0.2, -0.15) is 4.31 Å². The number of aromatic nitrogens is 1. The van der Waals surface area contributed by atoms with Crippen molar-refractivity contribution >= 4 is 21.6 Å². The molecule has 0 saturated carbocycles. The van der Waals surface area contributed by atoms with Crippen molar-refractivity contribution < 1.29 is 17.5 Å². The molecule has 1 aromatic heterocycles. The second-order valence-electron chi connectivity index (χ2n) is 5.48. The van der Waals surface area contributed by atoms with E-state index in [2.05, 4.69) is 4.98 Å². The molecule has 0 bridgehead atoms. The Morgan fingerprint density at radius 3 is 2.46 bits per heavy atom. The van der Waals surface area contributed by atoms with E-state index >= 15 is 0 Å². The van der Waals surface area contributed by atoms with E-state index in [4.69, 9.17) is 16.3 Å². The third-order valence-electron chi connectivity index (χ3n) is 3.88. The van der Waals surface area contributed by atoms with Crippen LogP contribution in [-0.4, -0.2) is 36.9 Å². The molecule has 1 aliphatic heterocycles. The van der Waals surface area contributed by atoms with Crippen LogP contribution < -0.4 is 4.74 Å². The second kappa shape index (κ2) is 7.04. The van der Waals surface area contributed by atoms with E-state index in [0.717, 1.165) is 17.9 Å². The van der Waals surface area contributed by atoms with E-state index in [0.29, 0.717) is 25.9 Å². The van der Waals surface area contributed by atoms with Crippen molar-refractivity contribution in [2.24, 2.45) is 0 Å². The van der Waals surface area contributed by atoms with Gasteiger partial charge >= 0.3 is 0 Å². The Bertz CT molecular complexity index is 809. The second-order valence-corrected chi connectivity index (χ2v) is 7.83. The first-order valence-electron chi connectivity index (χ1n) is 7.49.